The molecule has 0 aromatic rings. The van der Waals surface area contributed by atoms with E-state index >= 15 is 0 Å². The molecule has 0 saturated carbocycles. The van der Waals surface area contributed by atoms with Crippen molar-refractivity contribution in [3.63, 3.8) is 0 Å². The van der Waals surface area contributed by atoms with E-state index in [1.54, 1.807) is 0 Å². The summed E-state index contributed by atoms with van der Waals surface area (Å²) in [5.74, 6) is 0. The van der Waals surface area contributed by atoms with Gasteiger partial charge in [0.2, 0.25) is 0 Å². The average molecular weight is 413 g/mol. The molecule has 0 rings (SSSR count). The van der Waals surface area contributed by atoms with Gasteiger partial charge in [0.25, 0.3) is 23.5 Å². The van der Waals surface area contributed by atoms with Crippen molar-refractivity contribution in [1.82, 2.24) is 0 Å². The predicted octanol–water partition coefficient (Wildman–Crippen LogP) is -5.06. The molecule has 12 nitrogen and oxygen atoms in total. The molecule has 0 bridgehead atoms. The predicted molar refractivity (Wildman–Crippen MR) is 41.9 cm³/mol. The molecule has 6 N–H and O–H groups in total. The maximum absolute atomic E-state index is 8.77. The quantitative estimate of drug-likeness (QED) is 0.162. The minimum atomic E-state index is -4.89. The van der Waals surface area contributed by atoms with Gasteiger partial charge in [-0.1, -0.05) is 0 Å². The molecule has 0 aromatic heterocycles. The van der Waals surface area contributed by atoms with Crippen LogP contribution in [0.5, 0.6) is 0 Å². The smallest absolute Gasteiger partial charge is 0.756 e. The Morgan fingerprint density at radius 1 is 0.562 bits per heavy atom. The second-order valence-electron chi connectivity index (χ2n) is 1.47. The topological polar surface area (TPSA) is 242 Å². The van der Waals surface area contributed by atoms with E-state index < -0.39 is 23.5 Å². The van der Waals surface area contributed by atoms with E-state index in [-0.39, 0.29) is 24.4 Å². The van der Waals surface area contributed by atoms with E-state index in [2.05, 4.69) is 0 Å². The maximum atomic E-state index is 8.77. The van der Waals surface area contributed by atoms with E-state index in [1.807, 2.05) is 0 Å². The van der Waals surface area contributed by atoms with Gasteiger partial charge < -0.3 is 44.0 Å². The Morgan fingerprint density at radius 2 is 0.562 bits per heavy atom. The molecule has 0 aliphatic heterocycles. The molecule has 0 amide bonds. The molecule has 0 heterocycles. The fraction of sp³-hybridized carbons (Fsp3) is 0. The van der Waals surface area contributed by atoms with Gasteiger partial charge in [-0.05, 0) is 0 Å². The van der Waals surface area contributed by atoms with Crippen molar-refractivity contribution in [1.29, 1.82) is 0 Å². The van der Waals surface area contributed by atoms with Crippen LogP contribution in [-0.2, 0) is 13.7 Å². The fourth-order valence-corrected chi connectivity index (χ4v) is 0. The summed E-state index contributed by atoms with van der Waals surface area (Å²) in [7, 11) is -14.7. The Labute approximate surface area is 106 Å². The zero-order valence-corrected chi connectivity index (χ0v) is 12.2. The van der Waals surface area contributed by atoms with Crippen molar-refractivity contribution in [2.75, 3.05) is 0 Å². The van der Waals surface area contributed by atoms with Crippen molar-refractivity contribution in [2.24, 2.45) is 0 Å². The Balaban J connectivity index is -0.0000000655. The molecule has 0 saturated heterocycles. The zero-order chi connectivity index (χ0) is 13.5. The summed E-state index contributed by atoms with van der Waals surface area (Å²) < 4.78 is 26.3. The third-order valence-corrected chi connectivity index (χ3v) is 0. The molecule has 16 heteroatoms. The summed E-state index contributed by atoms with van der Waals surface area (Å²) in [6.07, 6.45) is 0. The number of hydrogen-bond donors (Lipinski definition) is 6. The van der Waals surface area contributed by atoms with Crippen LogP contribution in [-0.4, -0.2) is 53.8 Å². The standard InChI is InChI=1S/3H3O4P.Sb/c3*1-5(2,3)4;/h3*(H3,1,2,3,4);/q;;;+3/p-3. The maximum Gasteiger partial charge on any atom is 3.00 e. The van der Waals surface area contributed by atoms with Crippen LogP contribution < -0.4 is 14.7 Å². The van der Waals surface area contributed by atoms with Gasteiger partial charge in [0, 0.05) is 0 Å². The molecular weight excluding hydrogens is 407 g/mol. The molecular formula is H6O12P3Sb. The van der Waals surface area contributed by atoms with Gasteiger partial charge in [-0.3, -0.25) is 13.7 Å². The largest absolute Gasteiger partial charge is 3.00 e. The van der Waals surface area contributed by atoms with Crippen LogP contribution in [0.2, 0.25) is 0 Å². The van der Waals surface area contributed by atoms with Gasteiger partial charge in [-0.25, -0.2) is 0 Å². The summed E-state index contributed by atoms with van der Waals surface area (Å²) in [5, 5.41) is 0. The second kappa shape index (κ2) is 10.1. The first-order chi connectivity index (χ1) is 6.00. The molecule has 0 spiro atoms. The summed E-state index contributed by atoms with van der Waals surface area (Å²) in [6, 6.07) is 0. The third-order valence-electron chi connectivity index (χ3n) is 0. The molecule has 16 heavy (non-hydrogen) atoms. The molecule has 0 atom stereocenters. The van der Waals surface area contributed by atoms with Crippen LogP contribution in [0, 0.1) is 0 Å². The monoisotopic (exact) mass is 412 g/mol. The Kier molecular flexibility index (Phi) is 16.3. The molecule has 0 fully saturated rings. The minimum Gasteiger partial charge on any atom is -0.756 e. The van der Waals surface area contributed by atoms with Crippen molar-refractivity contribution in [3.05, 3.63) is 0 Å². The number of hydrogen-bond acceptors (Lipinski definition) is 6. The normalized spacial score (nSPS) is 11.1. The van der Waals surface area contributed by atoms with Crippen LogP contribution in [0.3, 0.4) is 0 Å². The third kappa shape index (κ3) is 2300. The van der Waals surface area contributed by atoms with Gasteiger partial charge in [-0.15, -0.1) is 0 Å². The van der Waals surface area contributed by atoms with E-state index in [9.17, 15) is 0 Å². The van der Waals surface area contributed by atoms with Gasteiger partial charge in [0.15, 0.2) is 0 Å². The summed E-state index contributed by atoms with van der Waals surface area (Å²) in [4.78, 5) is 68.8. The fourth-order valence-electron chi connectivity index (χ4n) is 0. The number of rotatable bonds is 0. The van der Waals surface area contributed by atoms with Crippen LogP contribution in [0.4, 0.5) is 0 Å². The van der Waals surface area contributed by atoms with Crippen LogP contribution in [0.1, 0.15) is 0 Å². The van der Waals surface area contributed by atoms with E-state index in [0.717, 1.165) is 0 Å². The molecule has 98 valence electrons. The van der Waals surface area contributed by atoms with Gasteiger partial charge in [0.1, 0.15) is 0 Å². The van der Waals surface area contributed by atoms with Crippen LogP contribution >= 0.6 is 23.5 Å². The van der Waals surface area contributed by atoms with Crippen molar-refractivity contribution in [3.8, 4) is 0 Å². The summed E-state index contributed by atoms with van der Waals surface area (Å²) >= 11 is 0. The summed E-state index contributed by atoms with van der Waals surface area (Å²) in [5.41, 5.74) is 0. The van der Waals surface area contributed by atoms with E-state index in [1.165, 1.54) is 0 Å². The van der Waals surface area contributed by atoms with Crippen LogP contribution in [0.15, 0.2) is 0 Å². The molecule has 0 aliphatic carbocycles. The Morgan fingerprint density at radius 3 is 0.562 bits per heavy atom. The molecule has 2 radical (unpaired) electrons. The van der Waals surface area contributed by atoms with Crippen molar-refractivity contribution in [2.45, 2.75) is 0 Å². The summed E-state index contributed by atoms with van der Waals surface area (Å²) in [6.45, 7) is 0. The van der Waals surface area contributed by atoms with Crippen molar-refractivity contribution >= 4 is 47.9 Å². The Bertz CT molecular complexity index is 202. The van der Waals surface area contributed by atoms with E-state index in [0.29, 0.717) is 0 Å². The molecule has 0 unspecified atom stereocenters. The Hall–Kier alpha value is 1.15. The van der Waals surface area contributed by atoms with E-state index in [4.69, 9.17) is 57.7 Å². The minimum absolute atomic E-state index is 0. The molecule has 0 aromatic carbocycles. The van der Waals surface area contributed by atoms with Gasteiger partial charge >= 0.3 is 24.4 Å². The first-order valence-corrected chi connectivity index (χ1v) is 6.89. The van der Waals surface area contributed by atoms with Gasteiger partial charge in [0.05, 0.1) is 0 Å². The first kappa shape index (κ1) is 25.9. The zero-order valence-electron chi connectivity index (χ0n) is 6.92. The SMILES string of the molecule is O=P([O-])(O)O.O=P([O-])(O)O.O=P([O-])(O)O.[Sb+3]. The number of phosphoric acid groups is 3. The average Bonchev–Trinajstić information content (AvgIpc) is 1.41. The second-order valence-corrected chi connectivity index (χ2v) is 4.42. The van der Waals surface area contributed by atoms with Crippen LogP contribution in [0.25, 0.3) is 0 Å². The van der Waals surface area contributed by atoms with Crippen molar-refractivity contribution < 1.29 is 57.7 Å². The molecule has 0 aliphatic rings. The first-order valence-electron chi connectivity index (χ1n) is 2.30. The van der Waals surface area contributed by atoms with Gasteiger partial charge in [-0.2, -0.15) is 0 Å².